The number of aromatic nitrogens is 3. The third-order valence-corrected chi connectivity index (χ3v) is 9.39. The number of methoxy groups -OCH3 is 1. The van der Waals surface area contributed by atoms with Gasteiger partial charge < -0.3 is 20.1 Å². The topological polar surface area (TPSA) is 145 Å². The zero-order chi connectivity index (χ0) is 30.2. The highest BCUT2D eigenvalue weighted by molar-refractivity contribution is 7.99. The number of morpholine rings is 1. The van der Waals surface area contributed by atoms with Crippen LogP contribution in [0.1, 0.15) is 16.2 Å². The summed E-state index contributed by atoms with van der Waals surface area (Å²) in [5.74, 6) is 0.627. The van der Waals surface area contributed by atoms with Crippen LogP contribution in [0.5, 0.6) is 5.75 Å². The lowest BCUT2D eigenvalue weighted by Crippen LogP contribution is -2.40. The molecule has 1 aliphatic rings. The third-order valence-electron chi connectivity index (χ3n) is 6.55. The number of thioether (sulfide) groups is 1. The fourth-order valence-electron chi connectivity index (χ4n) is 4.32. The van der Waals surface area contributed by atoms with E-state index in [0.29, 0.717) is 54.3 Å². The van der Waals surface area contributed by atoms with Crippen LogP contribution in [-0.4, -0.2) is 78.5 Å². The van der Waals surface area contributed by atoms with Crippen LogP contribution in [0.25, 0.3) is 5.69 Å². The molecule has 2 N–H and O–H groups in total. The predicted octanol–water partition coefficient (Wildman–Crippen LogP) is 2.96. The number of benzene rings is 3. The maximum atomic E-state index is 13.0. The Hall–Kier alpha value is -4.24. The molecule has 0 aliphatic carbocycles. The highest BCUT2D eigenvalue weighted by Crippen LogP contribution is 2.23. The van der Waals surface area contributed by atoms with Crippen molar-refractivity contribution in [3.8, 4) is 11.4 Å². The first-order valence-corrected chi connectivity index (χ1v) is 15.8. The molecule has 2 heterocycles. The normalized spacial score (nSPS) is 13.8. The number of anilines is 1. The number of hydrogen-bond donors (Lipinski definition) is 2. The Bertz CT molecular complexity index is 1660. The van der Waals surface area contributed by atoms with Crippen molar-refractivity contribution in [3.05, 3.63) is 90.3 Å². The molecule has 0 radical (unpaired) electrons. The molecule has 4 aromatic rings. The average molecular weight is 623 g/mol. The molecule has 1 fully saturated rings. The first-order valence-electron chi connectivity index (χ1n) is 13.4. The Morgan fingerprint density at radius 3 is 2.33 bits per heavy atom. The quantitative estimate of drug-likeness (QED) is 0.241. The van der Waals surface area contributed by atoms with Crippen molar-refractivity contribution in [3.63, 3.8) is 0 Å². The summed E-state index contributed by atoms with van der Waals surface area (Å²) in [5.41, 5.74) is 1.72. The minimum absolute atomic E-state index is 0.0488. The maximum Gasteiger partial charge on any atom is 0.251 e. The van der Waals surface area contributed by atoms with E-state index in [1.807, 2.05) is 30.3 Å². The number of carbonyl (C=O) groups is 2. The maximum absolute atomic E-state index is 13.0. The monoisotopic (exact) mass is 622 g/mol. The third kappa shape index (κ3) is 7.40. The molecule has 2 amide bonds. The van der Waals surface area contributed by atoms with Gasteiger partial charge in [0.05, 0.1) is 37.5 Å². The SMILES string of the molecule is COc1ccc(NC(=O)CSc2nnc(CNC(=O)c3ccc(S(=O)(=O)N4CCOCC4)cc3)n2-c2ccccc2)cc1. The molecule has 0 saturated carbocycles. The van der Waals surface area contributed by atoms with Gasteiger partial charge in [-0.25, -0.2) is 8.42 Å². The van der Waals surface area contributed by atoms with Gasteiger partial charge in [0.2, 0.25) is 15.9 Å². The van der Waals surface area contributed by atoms with E-state index in [-0.39, 0.29) is 23.1 Å². The molecular formula is C29H30N6O6S2. The summed E-state index contributed by atoms with van der Waals surface area (Å²) in [5, 5.41) is 14.7. The number of hydrogen-bond acceptors (Lipinski definition) is 9. The lowest BCUT2D eigenvalue weighted by atomic mass is 10.2. The molecular weight excluding hydrogens is 592 g/mol. The first kappa shape index (κ1) is 30.2. The summed E-state index contributed by atoms with van der Waals surface area (Å²) < 4.78 is 39.3. The van der Waals surface area contributed by atoms with E-state index >= 15 is 0 Å². The Labute approximate surface area is 253 Å². The van der Waals surface area contributed by atoms with Crippen molar-refractivity contribution in [1.82, 2.24) is 24.4 Å². The molecule has 0 bridgehead atoms. The van der Waals surface area contributed by atoms with E-state index in [1.165, 1.54) is 40.3 Å². The smallest absolute Gasteiger partial charge is 0.251 e. The summed E-state index contributed by atoms with van der Waals surface area (Å²) in [4.78, 5) is 25.7. The summed E-state index contributed by atoms with van der Waals surface area (Å²) in [6.07, 6.45) is 0. The molecule has 224 valence electrons. The summed E-state index contributed by atoms with van der Waals surface area (Å²) in [7, 11) is -2.09. The van der Waals surface area contributed by atoms with Gasteiger partial charge in [0.15, 0.2) is 11.0 Å². The number of para-hydroxylation sites is 1. The summed E-state index contributed by atoms with van der Waals surface area (Å²) in [6.45, 7) is 1.34. The first-order chi connectivity index (χ1) is 20.8. The Morgan fingerprint density at radius 2 is 1.65 bits per heavy atom. The molecule has 0 unspecified atom stereocenters. The summed E-state index contributed by atoms with van der Waals surface area (Å²) >= 11 is 1.22. The van der Waals surface area contributed by atoms with Gasteiger partial charge in [-0.1, -0.05) is 30.0 Å². The second-order valence-electron chi connectivity index (χ2n) is 9.36. The van der Waals surface area contributed by atoms with Crippen LogP contribution in [0.3, 0.4) is 0 Å². The Kier molecular flexibility index (Phi) is 9.72. The van der Waals surface area contributed by atoms with Crippen LogP contribution >= 0.6 is 11.8 Å². The minimum atomic E-state index is -3.66. The van der Waals surface area contributed by atoms with Crippen molar-refractivity contribution in [2.24, 2.45) is 0 Å². The summed E-state index contributed by atoms with van der Waals surface area (Å²) in [6, 6.07) is 22.2. The van der Waals surface area contributed by atoms with Gasteiger partial charge in [-0.3, -0.25) is 14.2 Å². The van der Waals surface area contributed by atoms with Crippen LogP contribution in [0.2, 0.25) is 0 Å². The lowest BCUT2D eigenvalue weighted by molar-refractivity contribution is -0.113. The van der Waals surface area contributed by atoms with Gasteiger partial charge in [-0.05, 0) is 60.7 Å². The van der Waals surface area contributed by atoms with Crippen LogP contribution < -0.4 is 15.4 Å². The van der Waals surface area contributed by atoms with Crippen molar-refractivity contribution in [1.29, 1.82) is 0 Å². The van der Waals surface area contributed by atoms with E-state index in [1.54, 1.807) is 35.9 Å². The van der Waals surface area contributed by atoms with Gasteiger partial charge in [-0.2, -0.15) is 4.31 Å². The highest BCUT2D eigenvalue weighted by Gasteiger charge is 2.26. The van der Waals surface area contributed by atoms with Crippen LogP contribution in [0, 0.1) is 0 Å². The predicted molar refractivity (Wildman–Crippen MR) is 161 cm³/mol. The molecule has 12 nitrogen and oxygen atoms in total. The number of rotatable bonds is 11. The van der Waals surface area contributed by atoms with E-state index in [4.69, 9.17) is 9.47 Å². The van der Waals surface area contributed by atoms with Gasteiger partial charge in [0, 0.05) is 30.0 Å². The van der Waals surface area contributed by atoms with E-state index in [9.17, 15) is 18.0 Å². The van der Waals surface area contributed by atoms with Gasteiger partial charge in [0.25, 0.3) is 5.91 Å². The number of sulfonamides is 1. The molecule has 14 heteroatoms. The molecule has 0 spiro atoms. The van der Waals surface area contributed by atoms with Crippen molar-refractivity contribution in [2.75, 3.05) is 44.5 Å². The largest absolute Gasteiger partial charge is 0.497 e. The van der Waals surface area contributed by atoms with Gasteiger partial charge >= 0.3 is 0 Å². The van der Waals surface area contributed by atoms with Crippen molar-refractivity contribution in [2.45, 2.75) is 16.6 Å². The van der Waals surface area contributed by atoms with Gasteiger partial charge in [0.1, 0.15) is 5.75 Å². The number of amides is 2. The number of nitrogens with zero attached hydrogens (tertiary/aromatic N) is 4. The fraction of sp³-hybridized carbons (Fsp3) is 0.241. The average Bonchev–Trinajstić information content (AvgIpc) is 3.46. The van der Waals surface area contributed by atoms with Crippen molar-refractivity contribution >= 4 is 39.3 Å². The van der Waals surface area contributed by atoms with Crippen molar-refractivity contribution < 1.29 is 27.5 Å². The lowest BCUT2D eigenvalue weighted by Gasteiger charge is -2.26. The number of ether oxygens (including phenoxy) is 2. The van der Waals surface area contributed by atoms with Gasteiger partial charge in [-0.15, -0.1) is 10.2 Å². The Morgan fingerprint density at radius 1 is 0.953 bits per heavy atom. The van der Waals surface area contributed by atoms with E-state index in [0.717, 1.165) is 5.69 Å². The molecule has 3 aromatic carbocycles. The molecule has 43 heavy (non-hydrogen) atoms. The number of nitrogens with one attached hydrogen (secondary N) is 2. The zero-order valence-electron chi connectivity index (χ0n) is 23.3. The standard InChI is InChI=1S/C29H30N6O6S2/c1-40-24-11-9-22(10-12-24)31-27(36)20-42-29-33-32-26(35(29)23-5-3-2-4-6-23)19-30-28(37)21-7-13-25(14-8-21)43(38,39)34-15-17-41-18-16-34/h2-14H,15-20H2,1H3,(H,30,37)(H,31,36). The molecule has 0 atom stereocenters. The molecule has 5 rings (SSSR count). The van der Waals surface area contributed by atoms with Crippen LogP contribution in [0.4, 0.5) is 5.69 Å². The molecule has 1 saturated heterocycles. The zero-order valence-corrected chi connectivity index (χ0v) is 24.9. The Balaban J connectivity index is 1.24. The van der Waals surface area contributed by atoms with Crippen LogP contribution in [-0.2, 0) is 26.1 Å². The second-order valence-corrected chi connectivity index (χ2v) is 12.2. The number of carbonyl (C=O) groups excluding carboxylic acids is 2. The van der Waals surface area contributed by atoms with Crippen LogP contribution in [0.15, 0.2) is 88.9 Å². The van der Waals surface area contributed by atoms with E-state index < -0.39 is 15.9 Å². The molecule has 1 aliphatic heterocycles. The second kappa shape index (κ2) is 13.8. The highest BCUT2D eigenvalue weighted by atomic mass is 32.2. The fourth-order valence-corrected chi connectivity index (χ4v) is 6.50. The minimum Gasteiger partial charge on any atom is -0.497 e. The molecule has 1 aromatic heterocycles. The van der Waals surface area contributed by atoms with E-state index in [2.05, 4.69) is 20.8 Å².